The van der Waals surface area contributed by atoms with E-state index < -0.39 is 0 Å². The Kier molecular flexibility index (Phi) is 5.75. The van der Waals surface area contributed by atoms with Gasteiger partial charge in [0.1, 0.15) is 5.75 Å². The monoisotopic (exact) mass is 418 g/mol. The van der Waals surface area contributed by atoms with E-state index in [1.54, 1.807) is 18.0 Å². The van der Waals surface area contributed by atoms with Crippen molar-refractivity contribution in [2.75, 3.05) is 7.11 Å². The average Bonchev–Trinajstić information content (AvgIpc) is 3.18. The van der Waals surface area contributed by atoms with Gasteiger partial charge in [-0.3, -0.25) is 9.36 Å². The molecule has 0 fully saturated rings. The van der Waals surface area contributed by atoms with Gasteiger partial charge in [-0.15, -0.1) is 0 Å². The SMILES string of the molecule is COc1ccccc1Cn1cnc2c1c(=O)n(CCC(C)C)c(=O)n2-c1ccccc1. The van der Waals surface area contributed by atoms with Gasteiger partial charge < -0.3 is 9.30 Å². The number of hydrogen-bond donors (Lipinski definition) is 0. The second kappa shape index (κ2) is 8.63. The van der Waals surface area contributed by atoms with E-state index in [0.717, 1.165) is 17.7 Å². The molecule has 0 N–H and O–H groups in total. The third-order valence-corrected chi connectivity index (χ3v) is 5.38. The molecule has 4 aromatic rings. The fraction of sp³-hybridized carbons (Fsp3) is 0.292. The van der Waals surface area contributed by atoms with Gasteiger partial charge in [-0.2, -0.15) is 0 Å². The van der Waals surface area contributed by atoms with Crippen molar-refractivity contribution in [3.05, 3.63) is 87.3 Å². The Morgan fingerprint density at radius 1 is 1.00 bits per heavy atom. The van der Waals surface area contributed by atoms with Crippen LogP contribution in [0.1, 0.15) is 25.8 Å². The number of rotatable bonds is 7. The first-order valence-electron chi connectivity index (χ1n) is 10.4. The Morgan fingerprint density at radius 3 is 2.42 bits per heavy atom. The van der Waals surface area contributed by atoms with E-state index in [-0.39, 0.29) is 11.2 Å². The van der Waals surface area contributed by atoms with Crippen molar-refractivity contribution in [3.8, 4) is 11.4 Å². The predicted octanol–water partition coefficient (Wildman–Crippen LogP) is 3.45. The molecule has 2 aromatic carbocycles. The molecule has 7 heteroatoms. The lowest BCUT2D eigenvalue weighted by atomic mass is 10.1. The van der Waals surface area contributed by atoms with Crippen LogP contribution >= 0.6 is 0 Å². The third kappa shape index (κ3) is 3.91. The van der Waals surface area contributed by atoms with Gasteiger partial charge in [0.25, 0.3) is 5.56 Å². The number of benzene rings is 2. The van der Waals surface area contributed by atoms with E-state index in [9.17, 15) is 9.59 Å². The molecule has 0 atom stereocenters. The van der Waals surface area contributed by atoms with Crippen LogP contribution in [0.3, 0.4) is 0 Å². The maximum absolute atomic E-state index is 13.4. The number of aromatic nitrogens is 4. The minimum Gasteiger partial charge on any atom is -0.496 e. The first-order valence-corrected chi connectivity index (χ1v) is 10.4. The molecule has 2 aromatic heterocycles. The van der Waals surface area contributed by atoms with Crippen molar-refractivity contribution in [2.45, 2.75) is 33.4 Å². The summed E-state index contributed by atoms with van der Waals surface area (Å²) < 4.78 is 10.1. The maximum atomic E-state index is 13.4. The number of nitrogens with zero attached hydrogens (tertiary/aromatic N) is 4. The van der Waals surface area contributed by atoms with Crippen LogP contribution in [0, 0.1) is 5.92 Å². The quantitative estimate of drug-likeness (QED) is 0.461. The molecule has 0 saturated heterocycles. The lowest BCUT2D eigenvalue weighted by molar-refractivity contribution is 0.408. The Labute approximate surface area is 180 Å². The summed E-state index contributed by atoms with van der Waals surface area (Å²) in [5.74, 6) is 1.10. The van der Waals surface area contributed by atoms with Crippen molar-refractivity contribution in [3.63, 3.8) is 0 Å². The Bertz CT molecular complexity index is 1320. The van der Waals surface area contributed by atoms with Crippen LogP contribution in [-0.4, -0.2) is 25.8 Å². The van der Waals surface area contributed by atoms with Gasteiger partial charge >= 0.3 is 5.69 Å². The van der Waals surface area contributed by atoms with Crippen LogP contribution in [0.25, 0.3) is 16.9 Å². The van der Waals surface area contributed by atoms with Crippen molar-refractivity contribution in [2.24, 2.45) is 5.92 Å². The van der Waals surface area contributed by atoms with E-state index in [1.165, 1.54) is 9.13 Å². The van der Waals surface area contributed by atoms with E-state index >= 15 is 0 Å². The highest BCUT2D eigenvalue weighted by Gasteiger charge is 2.20. The van der Waals surface area contributed by atoms with Crippen molar-refractivity contribution >= 4 is 11.2 Å². The minimum atomic E-state index is -0.369. The molecule has 0 aliphatic heterocycles. The standard InChI is InChI=1S/C24H26N4O3/c1-17(2)13-14-27-23(29)21-22(28(24(27)30)19-10-5-4-6-11-19)25-16-26(21)15-18-9-7-8-12-20(18)31-3/h4-12,16-17H,13-15H2,1-3H3. The van der Waals surface area contributed by atoms with Crippen LogP contribution in [0.2, 0.25) is 0 Å². The number of fused-ring (bicyclic) bond motifs is 1. The Balaban J connectivity index is 1.96. The first-order chi connectivity index (χ1) is 15.0. The molecular weight excluding hydrogens is 392 g/mol. The lowest BCUT2D eigenvalue weighted by Gasteiger charge is -2.14. The number of hydrogen-bond acceptors (Lipinski definition) is 4. The fourth-order valence-electron chi connectivity index (χ4n) is 3.71. The molecule has 0 spiro atoms. The van der Waals surface area contributed by atoms with Gasteiger partial charge in [0, 0.05) is 12.1 Å². The van der Waals surface area contributed by atoms with Crippen LogP contribution in [0.4, 0.5) is 0 Å². The summed E-state index contributed by atoms with van der Waals surface area (Å²) >= 11 is 0. The second-order valence-corrected chi connectivity index (χ2v) is 7.95. The molecule has 7 nitrogen and oxygen atoms in total. The largest absolute Gasteiger partial charge is 0.496 e. The molecule has 0 radical (unpaired) electrons. The summed E-state index contributed by atoms with van der Waals surface area (Å²) in [5.41, 5.74) is 1.68. The number of methoxy groups -OCH3 is 1. The topological polar surface area (TPSA) is 71.1 Å². The Morgan fingerprint density at radius 2 is 1.71 bits per heavy atom. The lowest BCUT2D eigenvalue weighted by Crippen LogP contribution is -2.40. The molecule has 2 heterocycles. The summed E-state index contributed by atoms with van der Waals surface area (Å²) in [5, 5.41) is 0. The molecule has 0 saturated carbocycles. The molecular formula is C24H26N4O3. The van der Waals surface area contributed by atoms with Crippen LogP contribution in [0.5, 0.6) is 5.75 Å². The van der Waals surface area contributed by atoms with Crippen molar-refractivity contribution < 1.29 is 4.74 Å². The summed E-state index contributed by atoms with van der Waals surface area (Å²) in [6.07, 6.45) is 2.35. The van der Waals surface area contributed by atoms with E-state index in [2.05, 4.69) is 18.8 Å². The van der Waals surface area contributed by atoms with Gasteiger partial charge in [0.2, 0.25) is 0 Å². The first kappa shape index (κ1) is 20.7. The average molecular weight is 418 g/mol. The molecule has 0 aliphatic rings. The molecule has 0 amide bonds. The highest BCUT2D eigenvalue weighted by atomic mass is 16.5. The summed E-state index contributed by atoms with van der Waals surface area (Å²) in [7, 11) is 1.62. The Hall–Kier alpha value is -3.61. The highest BCUT2D eigenvalue weighted by molar-refractivity contribution is 5.72. The predicted molar refractivity (Wildman–Crippen MR) is 121 cm³/mol. The number of ether oxygens (including phenoxy) is 1. The molecule has 0 unspecified atom stereocenters. The molecule has 0 bridgehead atoms. The van der Waals surface area contributed by atoms with Gasteiger partial charge in [-0.1, -0.05) is 50.2 Å². The van der Waals surface area contributed by atoms with Crippen molar-refractivity contribution in [1.29, 1.82) is 0 Å². The zero-order chi connectivity index (χ0) is 22.0. The zero-order valence-electron chi connectivity index (χ0n) is 18.0. The number of imidazole rings is 1. The minimum absolute atomic E-state index is 0.319. The van der Waals surface area contributed by atoms with Gasteiger partial charge in [-0.25, -0.2) is 14.3 Å². The fourth-order valence-corrected chi connectivity index (χ4v) is 3.71. The summed E-state index contributed by atoms with van der Waals surface area (Å²) in [6.45, 7) is 4.92. The molecule has 0 aliphatic carbocycles. The summed E-state index contributed by atoms with van der Waals surface area (Å²) in [6, 6.07) is 17.0. The van der Waals surface area contributed by atoms with E-state index in [4.69, 9.17) is 4.74 Å². The second-order valence-electron chi connectivity index (χ2n) is 7.95. The molecule has 31 heavy (non-hydrogen) atoms. The van der Waals surface area contributed by atoms with E-state index in [1.807, 2.05) is 54.6 Å². The van der Waals surface area contributed by atoms with Crippen LogP contribution < -0.4 is 16.0 Å². The van der Waals surface area contributed by atoms with E-state index in [0.29, 0.717) is 35.9 Å². The smallest absolute Gasteiger partial charge is 0.337 e. The maximum Gasteiger partial charge on any atom is 0.337 e. The summed E-state index contributed by atoms with van der Waals surface area (Å²) in [4.78, 5) is 31.2. The number of para-hydroxylation sites is 2. The van der Waals surface area contributed by atoms with Crippen molar-refractivity contribution in [1.82, 2.24) is 18.7 Å². The molecule has 160 valence electrons. The zero-order valence-corrected chi connectivity index (χ0v) is 18.0. The van der Waals surface area contributed by atoms with Gasteiger partial charge in [-0.05, 0) is 30.5 Å². The molecule has 4 rings (SSSR count). The highest BCUT2D eigenvalue weighted by Crippen LogP contribution is 2.20. The van der Waals surface area contributed by atoms with Gasteiger partial charge in [0.15, 0.2) is 11.2 Å². The van der Waals surface area contributed by atoms with Gasteiger partial charge in [0.05, 0.1) is 25.7 Å². The normalized spacial score (nSPS) is 11.4. The van der Waals surface area contributed by atoms with Crippen LogP contribution in [0.15, 0.2) is 70.5 Å². The van der Waals surface area contributed by atoms with Crippen LogP contribution in [-0.2, 0) is 13.1 Å². The third-order valence-electron chi connectivity index (χ3n) is 5.38.